The molecule has 0 saturated carbocycles. The second-order valence-electron chi connectivity index (χ2n) is 9.17. The minimum atomic E-state index is -1.23. The van der Waals surface area contributed by atoms with Gasteiger partial charge in [0.05, 0.1) is 43.8 Å². The van der Waals surface area contributed by atoms with Crippen LogP contribution in [0.15, 0.2) is 35.3 Å². The van der Waals surface area contributed by atoms with Crippen molar-refractivity contribution in [2.24, 2.45) is 5.41 Å². The van der Waals surface area contributed by atoms with Gasteiger partial charge in [0.25, 0.3) is 0 Å². The summed E-state index contributed by atoms with van der Waals surface area (Å²) in [5.41, 5.74) is 1.17. The number of pyridine rings is 1. The molecule has 3 heterocycles. The zero-order chi connectivity index (χ0) is 23.8. The fraction of sp³-hybridized carbons (Fsp3) is 0.458. The normalized spacial score (nSPS) is 15.3. The van der Waals surface area contributed by atoms with Crippen molar-refractivity contribution in [3.8, 4) is 17.1 Å². The zero-order valence-electron chi connectivity index (χ0n) is 19.3. The molecule has 0 bridgehead atoms. The van der Waals surface area contributed by atoms with Gasteiger partial charge in [0, 0.05) is 24.8 Å². The van der Waals surface area contributed by atoms with Crippen LogP contribution in [0.1, 0.15) is 37.2 Å². The van der Waals surface area contributed by atoms with E-state index in [4.69, 9.17) is 19.3 Å². The molecule has 1 aromatic carbocycles. The highest BCUT2D eigenvalue weighted by molar-refractivity contribution is 5.96. The van der Waals surface area contributed by atoms with Crippen LogP contribution < -0.4 is 10.2 Å². The molecule has 0 spiro atoms. The van der Waals surface area contributed by atoms with E-state index >= 15 is 0 Å². The highest BCUT2D eigenvalue weighted by Crippen LogP contribution is 2.42. The summed E-state index contributed by atoms with van der Waals surface area (Å²) in [6.07, 6.45) is 1.47. The number of hydrogen-bond donors (Lipinski definition) is 1. The summed E-state index contributed by atoms with van der Waals surface area (Å²) < 4.78 is 20.2. The molecule has 4 rings (SSSR count). The summed E-state index contributed by atoms with van der Waals surface area (Å²) >= 11 is 0. The fourth-order valence-electron chi connectivity index (χ4n) is 4.20. The molecule has 9 nitrogen and oxygen atoms in total. The van der Waals surface area contributed by atoms with Gasteiger partial charge in [0.2, 0.25) is 0 Å². The maximum absolute atomic E-state index is 12.6. The van der Waals surface area contributed by atoms with Crippen LogP contribution in [0.5, 0.6) is 5.75 Å². The molecule has 1 N–H and O–H groups in total. The minimum absolute atomic E-state index is 0.0911. The number of aromatic carboxylic acids is 1. The first kappa shape index (κ1) is 23.0. The second kappa shape index (κ2) is 8.99. The maximum atomic E-state index is 12.6. The lowest BCUT2D eigenvalue weighted by Gasteiger charge is -2.38. The van der Waals surface area contributed by atoms with Crippen LogP contribution in [0.4, 0.5) is 0 Å². The number of rotatable bonds is 8. The molecule has 1 aliphatic heterocycles. The van der Waals surface area contributed by atoms with Crippen molar-refractivity contribution in [2.75, 3.05) is 33.5 Å². The van der Waals surface area contributed by atoms with Crippen molar-refractivity contribution in [3.05, 3.63) is 46.2 Å². The van der Waals surface area contributed by atoms with Crippen LogP contribution in [0.25, 0.3) is 22.3 Å². The van der Waals surface area contributed by atoms with Crippen molar-refractivity contribution in [3.63, 3.8) is 0 Å². The van der Waals surface area contributed by atoms with Crippen molar-refractivity contribution < 1.29 is 24.1 Å². The maximum Gasteiger partial charge on any atom is 0.341 e. The van der Waals surface area contributed by atoms with Crippen molar-refractivity contribution >= 4 is 16.9 Å². The summed E-state index contributed by atoms with van der Waals surface area (Å²) in [5.74, 6) is -0.594. The summed E-state index contributed by atoms with van der Waals surface area (Å²) in [6.45, 7) is 8.64. The molecule has 0 saturated heterocycles. The van der Waals surface area contributed by atoms with E-state index in [0.717, 1.165) is 11.1 Å². The standard InChI is InChI=1S/C24H29N3O6/c1-24(2,3)20-14-27-22(17-12-18(28)16(23(29)30)13-26(17)20)15-6-5-7-19(21(15)25-27)33-11-10-32-9-8-31-4/h5-7,12-13,20H,8-11,14H2,1-4H3,(H,29,30). The molecule has 0 aliphatic carbocycles. The van der Waals surface area contributed by atoms with Gasteiger partial charge in [-0.2, -0.15) is 5.10 Å². The van der Waals surface area contributed by atoms with Gasteiger partial charge in [0.1, 0.15) is 23.4 Å². The number of carboxylic acid groups (broad SMARTS) is 1. The molecule has 3 aromatic rings. The highest BCUT2D eigenvalue weighted by atomic mass is 16.5. The molecular formula is C24H29N3O6. The van der Waals surface area contributed by atoms with Crippen molar-refractivity contribution in [1.82, 2.24) is 14.3 Å². The Labute approximate surface area is 191 Å². The van der Waals surface area contributed by atoms with Crippen LogP contribution in [0.3, 0.4) is 0 Å². The molecule has 9 heteroatoms. The SMILES string of the molecule is COCCOCCOc1cccc2c3n(nc12)CC(C(C)(C)C)n1cc(C(=O)O)c(=O)cc1-3. The Morgan fingerprint density at radius 2 is 1.97 bits per heavy atom. The quantitative estimate of drug-likeness (QED) is 0.520. The number of nitrogens with zero attached hydrogens (tertiary/aromatic N) is 3. The van der Waals surface area contributed by atoms with Gasteiger partial charge in [-0.15, -0.1) is 0 Å². The van der Waals surface area contributed by atoms with Gasteiger partial charge in [0.15, 0.2) is 5.43 Å². The average Bonchev–Trinajstić information content (AvgIpc) is 3.14. The molecule has 2 aromatic heterocycles. The Bertz CT molecular complexity index is 1240. The number of carboxylic acids is 1. The Morgan fingerprint density at radius 1 is 1.21 bits per heavy atom. The average molecular weight is 456 g/mol. The Kier molecular flexibility index (Phi) is 6.27. The highest BCUT2D eigenvalue weighted by Gasteiger charge is 2.35. The van der Waals surface area contributed by atoms with E-state index < -0.39 is 11.4 Å². The van der Waals surface area contributed by atoms with E-state index in [1.54, 1.807) is 7.11 Å². The van der Waals surface area contributed by atoms with E-state index in [9.17, 15) is 14.7 Å². The Morgan fingerprint density at radius 3 is 2.67 bits per heavy atom. The first-order valence-corrected chi connectivity index (χ1v) is 10.9. The lowest BCUT2D eigenvalue weighted by atomic mass is 9.85. The molecule has 176 valence electrons. The van der Waals surface area contributed by atoms with Gasteiger partial charge >= 0.3 is 5.97 Å². The number of ether oxygens (including phenoxy) is 3. The van der Waals surface area contributed by atoms with E-state index in [1.807, 2.05) is 27.4 Å². The Balaban J connectivity index is 1.77. The van der Waals surface area contributed by atoms with Crippen molar-refractivity contribution in [1.29, 1.82) is 0 Å². The van der Waals surface area contributed by atoms with Gasteiger partial charge in [-0.25, -0.2) is 4.79 Å². The lowest BCUT2D eigenvalue weighted by molar-refractivity contribution is 0.0546. The molecule has 1 aliphatic rings. The number of hydrogen-bond acceptors (Lipinski definition) is 6. The first-order chi connectivity index (χ1) is 15.7. The molecule has 0 fully saturated rings. The number of benzene rings is 1. The summed E-state index contributed by atoms with van der Waals surface area (Å²) in [5, 5.41) is 15.2. The number of methoxy groups -OCH3 is 1. The molecule has 0 radical (unpaired) electrons. The number of fused-ring (bicyclic) bond motifs is 5. The second-order valence-corrected chi connectivity index (χ2v) is 9.17. The van der Waals surface area contributed by atoms with E-state index in [1.165, 1.54) is 12.3 Å². The smallest absolute Gasteiger partial charge is 0.341 e. The lowest BCUT2D eigenvalue weighted by Crippen LogP contribution is -2.35. The minimum Gasteiger partial charge on any atom is -0.489 e. The van der Waals surface area contributed by atoms with Gasteiger partial charge in [-0.1, -0.05) is 32.9 Å². The number of aromatic nitrogens is 3. The van der Waals surface area contributed by atoms with Gasteiger partial charge in [-0.3, -0.25) is 9.48 Å². The summed E-state index contributed by atoms with van der Waals surface area (Å²) in [7, 11) is 1.63. The molecule has 33 heavy (non-hydrogen) atoms. The zero-order valence-corrected chi connectivity index (χ0v) is 19.3. The van der Waals surface area contributed by atoms with Crippen molar-refractivity contribution in [2.45, 2.75) is 33.4 Å². The predicted octanol–water partition coefficient (Wildman–Crippen LogP) is 3.21. The van der Waals surface area contributed by atoms with E-state index in [0.29, 0.717) is 49.9 Å². The van der Waals surface area contributed by atoms with E-state index in [2.05, 4.69) is 20.8 Å². The molecule has 1 atom stereocenters. The topological polar surface area (TPSA) is 105 Å². The third-order valence-corrected chi connectivity index (χ3v) is 5.88. The van der Waals surface area contributed by atoms with Crippen LogP contribution >= 0.6 is 0 Å². The van der Waals surface area contributed by atoms with Gasteiger partial charge < -0.3 is 23.9 Å². The largest absolute Gasteiger partial charge is 0.489 e. The Hall–Kier alpha value is -3.17. The monoisotopic (exact) mass is 455 g/mol. The van der Waals surface area contributed by atoms with Crippen LogP contribution in [0.2, 0.25) is 0 Å². The van der Waals surface area contributed by atoms with Crippen LogP contribution in [0, 0.1) is 5.41 Å². The van der Waals surface area contributed by atoms with Crippen LogP contribution in [-0.4, -0.2) is 59.0 Å². The van der Waals surface area contributed by atoms with Gasteiger partial charge in [-0.05, 0) is 11.5 Å². The molecular weight excluding hydrogens is 426 g/mol. The third-order valence-electron chi connectivity index (χ3n) is 5.88. The summed E-state index contributed by atoms with van der Waals surface area (Å²) in [6, 6.07) is 7.00. The third kappa shape index (κ3) is 4.38. The van der Waals surface area contributed by atoms with E-state index in [-0.39, 0.29) is 17.0 Å². The fourth-order valence-corrected chi connectivity index (χ4v) is 4.20. The first-order valence-electron chi connectivity index (χ1n) is 10.9. The van der Waals surface area contributed by atoms with Crippen LogP contribution in [-0.2, 0) is 16.0 Å². The molecule has 1 unspecified atom stereocenters. The molecule has 0 amide bonds. The number of carbonyl (C=O) groups is 1. The predicted molar refractivity (Wildman–Crippen MR) is 123 cm³/mol. The summed E-state index contributed by atoms with van der Waals surface area (Å²) in [4.78, 5) is 24.2.